The van der Waals surface area contributed by atoms with Crippen molar-refractivity contribution in [1.82, 2.24) is 10.1 Å². The van der Waals surface area contributed by atoms with Crippen LogP contribution in [-0.2, 0) is 17.6 Å². The van der Waals surface area contributed by atoms with Gasteiger partial charge in [0.1, 0.15) is 5.75 Å². The van der Waals surface area contributed by atoms with Crippen LogP contribution in [0.5, 0.6) is 5.75 Å². The summed E-state index contributed by atoms with van der Waals surface area (Å²) >= 11 is 0. The molecule has 0 atom stereocenters. The van der Waals surface area contributed by atoms with Gasteiger partial charge in [0.05, 0.1) is 7.11 Å². The molecule has 0 saturated heterocycles. The lowest BCUT2D eigenvalue weighted by Gasteiger charge is -2.30. The minimum atomic E-state index is 0. The summed E-state index contributed by atoms with van der Waals surface area (Å²) in [6.07, 6.45) is 2.52. The van der Waals surface area contributed by atoms with Crippen molar-refractivity contribution in [2.24, 2.45) is 0 Å². The maximum absolute atomic E-state index is 12.8. The fourth-order valence-corrected chi connectivity index (χ4v) is 3.47. The average Bonchev–Trinajstić information content (AvgIpc) is 3.21. The van der Waals surface area contributed by atoms with Crippen LogP contribution in [-0.4, -0.2) is 29.7 Å². The Balaban J connectivity index is 0.00000240. The van der Waals surface area contributed by atoms with Crippen molar-refractivity contribution in [3.05, 3.63) is 53.9 Å². The Labute approximate surface area is 175 Å². The van der Waals surface area contributed by atoms with Gasteiger partial charge in [-0.15, -0.1) is 12.4 Å². The van der Waals surface area contributed by atoms with Gasteiger partial charge in [0.15, 0.2) is 0 Å². The number of hydrogen-bond acceptors (Lipinski definition) is 6. The number of anilines is 2. The molecule has 4 rings (SSSR count). The van der Waals surface area contributed by atoms with Crippen LogP contribution < -0.4 is 15.4 Å². The molecule has 0 radical (unpaired) electrons. The summed E-state index contributed by atoms with van der Waals surface area (Å²) in [6, 6.07) is 13.1. The van der Waals surface area contributed by atoms with E-state index in [0.717, 1.165) is 41.1 Å². The highest BCUT2D eigenvalue weighted by atomic mass is 35.5. The monoisotopic (exact) mass is 414 g/mol. The zero-order valence-corrected chi connectivity index (χ0v) is 16.9. The van der Waals surface area contributed by atoms with Crippen LogP contribution in [0.25, 0.3) is 11.4 Å². The van der Waals surface area contributed by atoms with E-state index in [0.29, 0.717) is 31.1 Å². The Kier molecular flexibility index (Phi) is 6.39. The number of halogens is 1. The summed E-state index contributed by atoms with van der Waals surface area (Å²) in [7, 11) is 1.62. The molecule has 2 heterocycles. The molecule has 2 N–H and O–H groups in total. The molecule has 1 amide bonds. The van der Waals surface area contributed by atoms with E-state index in [1.54, 1.807) is 7.11 Å². The van der Waals surface area contributed by atoms with Gasteiger partial charge in [0.25, 0.3) is 0 Å². The van der Waals surface area contributed by atoms with E-state index in [9.17, 15) is 4.79 Å². The Morgan fingerprint density at radius 2 is 2.03 bits per heavy atom. The number of benzene rings is 2. The number of amides is 1. The maximum atomic E-state index is 12.8. The number of nitrogen functional groups attached to an aromatic ring is 1. The van der Waals surface area contributed by atoms with Gasteiger partial charge in [-0.1, -0.05) is 11.2 Å². The smallest absolute Gasteiger partial charge is 0.227 e. The van der Waals surface area contributed by atoms with Gasteiger partial charge in [-0.3, -0.25) is 4.79 Å². The number of nitrogens with zero attached hydrogens (tertiary/aromatic N) is 3. The van der Waals surface area contributed by atoms with Gasteiger partial charge in [-0.2, -0.15) is 4.98 Å². The highest BCUT2D eigenvalue weighted by molar-refractivity contribution is 5.95. The molecule has 0 fully saturated rings. The molecule has 0 saturated carbocycles. The molecule has 0 bridgehead atoms. The number of aromatic nitrogens is 2. The highest BCUT2D eigenvalue weighted by Gasteiger charge is 2.24. The second-order valence-corrected chi connectivity index (χ2v) is 6.73. The van der Waals surface area contributed by atoms with Gasteiger partial charge in [-0.05, 0) is 54.8 Å². The predicted molar refractivity (Wildman–Crippen MR) is 113 cm³/mol. The zero-order valence-electron chi connectivity index (χ0n) is 16.1. The first-order valence-electron chi connectivity index (χ1n) is 9.30. The summed E-state index contributed by atoms with van der Waals surface area (Å²) in [5.41, 5.74) is 9.62. The number of rotatable bonds is 5. The molecule has 0 spiro atoms. The molecule has 8 heteroatoms. The Morgan fingerprint density at radius 1 is 1.24 bits per heavy atom. The fourth-order valence-electron chi connectivity index (χ4n) is 3.47. The topological polar surface area (TPSA) is 94.5 Å². The number of nitrogens with two attached hydrogens (primary N) is 1. The van der Waals surface area contributed by atoms with Gasteiger partial charge in [0, 0.05) is 36.3 Å². The highest BCUT2D eigenvalue weighted by Crippen LogP contribution is 2.31. The van der Waals surface area contributed by atoms with Crippen LogP contribution in [0.1, 0.15) is 24.3 Å². The summed E-state index contributed by atoms with van der Waals surface area (Å²) in [6.45, 7) is 0.705. The Bertz CT molecular complexity index is 988. The van der Waals surface area contributed by atoms with Crippen molar-refractivity contribution in [1.29, 1.82) is 0 Å². The average molecular weight is 415 g/mol. The number of fused-ring (bicyclic) bond motifs is 1. The number of hydrogen-bond donors (Lipinski definition) is 1. The maximum Gasteiger partial charge on any atom is 0.227 e. The molecule has 0 aliphatic carbocycles. The zero-order chi connectivity index (χ0) is 19.5. The molecule has 7 nitrogen and oxygen atoms in total. The van der Waals surface area contributed by atoms with E-state index in [1.807, 2.05) is 47.4 Å². The van der Waals surface area contributed by atoms with Crippen LogP contribution in [0.3, 0.4) is 0 Å². The predicted octanol–water partition coefficient (Wildman–Crippen LogP) is 3.66. The lowest BCUT2D eigenvalue weighted by atomic mass is 9.99. The number of methoxy groups -OCH3 is 1. The summed E-state index contributed by atoms with van der Waals surface area (Å²) in [4.78, 5) is 19.0. The van der Waals surface area contributed by atoms with Crippen LogP contribution in [0.15, 0.2) is 47.0 Å². The molecule has 0 unspecified atom stereocenters. The number of carbonyl (C=O) groups is 1. The van der Waals surface area contributed by atoms with Crippen molar-refractivity contribution < 1.29 is 14.1 Å². The van der Waals surface area contributed by atoms with Crippen molar-refractivity contribution in [2.45, 2.75) is 25.7 Å². The summed E-state index contributed by atoms with van der Waals surface area (Å²) in [5.74, 6) is 1.75. The molecular formula is C21H23ClN4O3. The Hall–Kier alpha value is -3.06. The largest absolute Gasteiger partial charge is 0.497 e. The second kappa shape index (κ2) is 8.96. The first kappa shape index (κ1) is 20.7. The van der Waals surface area contributed by atoms with Crippen molar-refractivity contribution >= 4 is 29.7 Å². The van der Waals surface area contributed by atoms with E-state index < -0.39 is 0 Å². The van der Waals surface area contributed by atoms with E-state index >= 15 is 0 Å². The summed E-state index contributed by atoms with van der Waals surface area (Å²) < 4.78 is 10.5. The lowest BCUT2D eigenvalue weighted by Crippen LogP contribution is -2.35. The van der Waals surface area contributed by atoms with Crippen LogP contribution in [0, 0.1) is 0 Å². The molecular weight excluding hydrogens is 392 g/mol. The van der Waals surface area contributed by atoms with Crippen LogP contribution >= 0.6 is 12.4 Å². The first-order valence-corrected chi connectivity index (χ1v) is 9.30. The molecule has 1 aliphatic heterocycles. The normalized spacial score (nSPS) is 12.8. The van der Waals surface area contributed by atoms with E-state index in [1.165, 1.54) is 0 Å². The van der Waals surface area contributed by atoms with Gasteiger partial charge in [-0.25, -0.2) is 0 Å². The molecule has 3 aromatic rings. The van der Waals surface area contributed by atoms with Crippen molar-refractivity contribution in [3.63, 3.8) is 0 Å². The molecule has 2 aromatic carbocycles. The molecule has 152 valence electrons. The lowest BCUT2D eigenvalue weighted by molar-refractivity contribution is -0.118. The van der Waals surface area contributed by atoms with Gasteiger partial charge < -0.3 is 19.9 Å². The van der Waals surface area contributed by atoms with Crippen LogP contribution in [0.4, 0.5) is 11.4 Å². The standard InChI is InChI=1S/C21H22N4O3.ClH/c1-27-15-9-7-14(8-10-15)21-23-19(28-24-21)11-12-20(26)25-13-3-4-16-17(22)5-2-6-18(16)25;/h2,5-10H,3-4,11-13,22H2,1H3;1H. The van der Waals surface area contributed by atoms with Crippen molar-refractivity contribution in [3.8, 4) is 17.1 Å². The molecule has 1 aromatic heterocycles. The van der Waals surface area contributed by atoms with E-state index in [2.05, 4.69) is 10.1 Å². The number of aryl methyl sites for hydroxylation is 1. The number of carbonyl (C=O) groups excluding carboxylic acids is 1. The van der Waals surface area contributed by atoms with E-state index in [4.69, 9.17) is 15.0 Å². The summed E-state index contributed by atoms with van der Waals surface area (Å²) in [5, 5.41) is 4.01. The molecule has 29 heavy (non-hydrogen) atoms. The van der Waals surface area contributed by atoms with E-state index in [-0.39, 0.29) is 18.3 Å². The van der Waals surface area contributed by atoms with Gasteiger partial charge in [0.2, 0.25) is 17.6 Å². The van der Waals surface area contributed by atoms with Crippen LogP contribution in [0.2, 0.25) is 0 Å². The third kappa shape index (κ3) is 4.35. The minimum absolute atomic E-state index is 0. The fraction of sp³-hybridized carbons (Fsp3) is 0.286. The molecule has 1 aliphatic rings. The van der Waals surface area contributed by atoms with Crippen molar-refractivity contribution in [2.75, 3.05) is 24.3 Å². The first-order chi connectivity index (χ1) is 13.7. The minimum Gasteiger partial charge on any atom is -0.497 e. The Morgan fingerprint density at radius 3 is 2.79 bits per heavy atom. The second-order valence-electron chi connectivity index (χ2n) is 6.73. The quantitative estimate of drug-likeness (QED) is 0.640. The SMILES string of the molecule is COc1ccc(-c2noc(CCC(=O)N3CCCc4c(N)cccc43)n2)cc1.Cl. The number of ether oxygens (including phenoxy) is 1. The third-order valence-electron chi connectivity index (χ3n) is 4.96. The third-order valence-corrected chi connectivity index (χ3v) is 4.96. The van der Waals surface area contributed by atoms with Gasteiger partial charge >= 0.3 is 0 Å².